The number of nitrogens with one attached hydrogen (secondary N) is 1. The number of aromatic nitrogens is 1. The molecule has 2 amide bonds. The number of carbonyl (C=O) groups excluding carboxylic acids is 2. The van der Waals surface area contributed by atoms with E-state index in [4.69, 9.17) is 16.0 Å². The minimum atomic E-state index is -0.452. The molecule has 8 heteroatoms. The van der Waals surface area contributed by atoms with Gasteiger partial charge in [0.15, 0.2) is 0 Å². The molecule has 3 rings (SSSR count). The summed E-state index contributed by atoms with van der Waals surface area (Å²) in [6.07, 6.45) is 2.92. The molecule has 0 radical (unpaired) electrons. The number of rotatable bonds is 6. The van der Waals surface area contributed by atoms with Gasteiger partial charge in [0.2, 0.25) is 11.8 Å². The van der Waals surface area contributed by atoms with Crippen molar-refractivity contribution < 1.29 is 14.1 Å². The fourth-order valence-corrected chi connectivity index (χ4v) is 3.31. The molecule has 1 aliphatic heterocycles. The number of hydrogen-bond donors (Lipinski definition) is 3. The quantitative estimate of drug-likeness (QED) is 0.684. The Morgan fingerprint density at radius 3 is 2.75 bits per heavy atom. The number of likely N-dealkylation sites (tertiary alicyclic amines) is 1. The average molecular weight is 383 g/mol. The second-order valence-corrected chi connectivity index (χ2v) is 6.89. The number of carbonyl (C=O) groups is 2. The number of nitrogens with zero attached hydrogens (tertiary/aromatic N) is 2. The first-order valence-electron chi connectivity index (χ1n) is 9.24. The Bertz CT molecular complexity index is 872. The summed E-state index contributed by atoms with van der Waals surface area (Å²) in [6, 6.07) is 8.76. The van der Waals surface area contributed by atoms with Gasteiger partial charge in [-0.15, -0.1) is 0 Å². The minimum Gasteiger partial charge on any atom is -0.403 e. The van der Waals surface area contributed by atoms with Gasteiger partial charge in [0, 0.05) is 25.4 Å². The van der Waals surface area contributed by atoms with Crippen LogP contribution in [0.3, 0.4) is 0 Å². The van der Waals surface area contributed by atoms with Crippen molar-refractivity contribution in [3.63, 3.8) is 0 Å². The van der Waals surface area contributed by atoms with Crippen LogP contribution in [0.25, 0.3) is 5.70 Å². The van der Waals surface area contributed by atoms with Gasteiger partial charge in [0.25, 0.3) is 0 Å². The van der Waals surface area contributed by atoms with E-state index >= 15 is 0 Å². The van der Waals surface area contributed by atoms with Crippen molar-refractivity contribution >= 4 is 17.5 Å². The second-order valence-electron chi connectivity index (χ2n) is 6.89. The summed E-state index contributed by atoms with van der Waals surface area (Å²) in [5.41, 5.74) is 14.2. The maximum absolute atomic E-state index is 12.6. The van der Waals surface area contributed by atoms with Crippen molar-refractivity contribution in [2.75, 3.05) is 6.54 Å². The van der Waals surface area contributed by atoms with Crippen LogP contribution in [-0.2, 0) is 22.6 Å². The first kappa shape index (κ1) is 19.5. The fraction of sp³-hybridized carbons (Fsp3) is 0.350. The molecule has 0 saturated carbocycles. The summed E-state index contributed by atoms with van der Waals surface area (Å²) in [5.74, 6) is 0.242. The molecule has 2 heterocycles. The summed E-state index contributed by atoms with van der Waals surface area (Å²) in [5, 5.41) is 6.71. The van der Waals surface area contributed by atoms with Crippen LogP contribution in [0.2, 0.25) is 0 Å². The maximum atomic E-state index is 12.6. The van der Waals surface area contributed by atoms with Gasteiger partial charge in [-0.2, -0.15) is 0 Å². The summed E-state index contributed by atoms with van der Waals surface area (Å²) in [4.78, 5) is 26.8. The lowest BCUT2D eigenvalue weighted by molar-refractivity contribution is -0.138. The Hall–Kier alpha value is -3.29. The highest BCUT2D eigenvalue weighted by molar-refractivity contribution is 5.88. The molecule has 1 unspecified atom stereocenters. The molecule has 1 fully saturated rings. The molecule has 1 aromatic carbocycles. The zero-order chi connectivity index (χ0) is 20.1. The van der Waals surface area contributed by atoms with E-state index in [-0.39, 0.29) is 18.2 Å². The SMILES string of the molecule is Cc1cc(CC(=O)N2CCCC2C(=O)NCc2ccc(/C(N)=C/N)cc2)on1. The molecule has 148 valence electrons. The van der Waals surface area contributed by atoms with Gasteiger partial charge in [-0.3, -0.25) is 9.59 Å². The number of hydrogen-bond acceptors (Lipinski definition) is 6. The smallest absolute Gasteiger partial charge is 0.243 e. The van der Waals surface area contributed by atoms with Crippen LogP contribution in [0.15, 0.2) is 41.1 Å². The van der Waals surface area contributed by atoms with Crippen LogP contribution in [0.5, 0.6) is 0 Å². The van der Waals surface area contributed by atoms with Gasteiger partial charge in [-0.1, -0.05) is 29.4 Å². The fourth-order valence-electron chi connectivity index (χ4n) is 3.31. The van der Waals surface area contributed by atoms with Gasteiger partial charge in [-0.25, -0.2) is 0 Å². The van der Waals surface area contributed by atoms with Crippen molar-refractivity contribution in [2.24, 2.45) is 11.5 Å². The number of nitrogens with two attached hydrogens (primary N) is 2. The zero-order valence-electron chi connectivity index (χ0n) is 15.9. The topological polar surface area (TPSA) is 127 Å². The Morgan fingerprint density at radius 1 is 1.36 bits per heavy atom. The summed E-state index contributed by atoms with van der Waals surface area (Å²) in [6.45, 7) is 2.76. The molecular formula is C20H25N5O3. The lowest BCUT2D eigenvalue weighted by Gasteiger charge is -2.23. The molecule has 0 spiro atoms. The highest BCUT2D eigenvalue weighted by Gasteiger charge is 2.34. The largest absolute Gasteiger partial charge is 0.403 e. The molecule has 1 aliphatic rings. The lowest BCUT2D eigenvalue weighted by atomic mass is 10.1. The van der Waals surface area contributed by atoms with Crippen LogP contribution in [0.1, 0.15) is 35.4 Å². The van der Waals surface area contributed by atoms with Gasteiger partial charge >= 0.3 is 0 Å². The van der Waals surface area contributed by atoms with Gasteiger partial charge in [0.05, 0.1) is 17.8 Å². The molecule has 1 atom stereocenters. The number of benzene rings is 1. The van der Waals surface area contributed by atoms with Crippen LogP contribution < -0.4 is 16.8 Å². The highest BCUT2D eigenvalue weighted by atomic mass is 16.5. The van der Waals surface area contributed by atoms with Crippen LogP contribution in [-0.4, -0.2) is 34.5 Å². The van der Waals surface area contributed by atoms with Gasteiger partial charge < -0.3 is 26.2 Å². The molecule has 1 saturated heterocycles. The van der Waals surface area contributed by atoms with Gasteiger partial charge in [-0.05, 0) is 30.9 Å². The molecule has 5 N–H and O–H groups in total. The molecule has 2 aromatic rings. The molecule has 1 aromatic heterocycles. The van der Waals surface area contributed by atoms with E-state index in [0.29, 0.717) is 31.0 Å². The molecule has 28 heavy (non-hydrogen) atoms. The van der Waals surface area contributed by atoms with Crippen LogP contribution in [0, 0.1) is 6.92 Å². The summed E-state index contributed by atoms with van der Waals surface area (Å²) in [7, 11) is 0. The first-order chi connectivity index (χ1) is 13.5. The summed E-state index contributed by atoms with van der Waals surface area (Å²) < 4.78 is 5.11. The zero-order valence-corrected chi connectivity index (χ0v) is 15.9. The maximum Gasteiger partial charge on any atom is 0.243 e. The second kappa shape index (κ2) is 8.60. The normalized spacial score (nSPS) is 17.0. The molecule has 8 nitrogen and oxygen atoms in total. The van der Waals surface area contributed by atoms with E-state index in [1.165, 1.54) is 6.20 Å². The van der Waals surface area contributed by atoms with E-state index in [2.05, 4.69) is 10.5 Å². The average Bonchev–Trinajstić information content (AvgIpc) is 3.35. The first-order valence-corrected chi connectivity index (χ1v) is 9.24. The third-order valence-electron chi connectivity index (χ3n) is 4.81. The monoisotopic (exact) mass is 383 g/mol. The van der Waals surface area contributed by atoms with Crippen molar-refractivity contribution in [1.82, 2.24) is 15.4 Å². The van der Waals surface area contributed by atoms with E-state index in [0.717, 1.165) is 23.2 Å². The van der Waals surface area contributed by atoms with Crippen molar-refractivity contribution in [2.45, 2.75) is 38.8 Å². The van der Waals surface area contributed by atoms with E-state index in [9.17, 15) is 9.59 Å². The van der Waals surface area contributed by atoms with Gasteiger partial charge in [0.1, 0.15) is 11.8 Å². The van der Waals surface area contributed by atoms with Crippen molar-refractivity contribution in [1.29, 1.82) is 0 Å². The van der Waals surface area contributed by atoms with E-state index < -0.39 is 6.04 Å². The molecular weight excluding hydrogens is 358 g/mol. The highest BCUT2D eigenvalue weighted by Crippen LogP contribution is 2.19. The minimum absolute atomic E-state index is 0.113. The third kappa shape index (κ3) is 4.51. The lowest BCUT2D eigenvalue weighted by Crippen LogP contribution is -2.46. The Kier molecular flexibility index (Phi) is 5.98. The molecule has 0 aliphatic carbocycles. The standard InChI is InChI=1S/C20H25N5O3/c1-13-9-16(28-24-13)10-19(26)25-8-2-3-18(25)20(27)23-12-14-4-6-15(7-5-14)17(22)11-21/h4-7,9,11,18H,2-3,8,10,12,21-22H2,1H3,(H,23,27)/b17-11-. The Labute approximate surface area is 163 Å². The molecule has 0 bridgehead atoms. The van der Waals surface area contributed by atoms with E-state index in [1.54, 1.807) is 17.9 Å². The van der Waals surface area contributed by atoms with Crippen molar-refractivity contribution in [3.05, 3.63) is 59.1 Å². The predicted octanol–water partition coefficient (Wildman–Crippen LogP) is 1.05. The Morgan fingerprint density at radius 2 is 2.11 bits per heavy atom. The summed E-state index contributed by atoms with van der Waals surface area (Å²) >= 11 is 0. The van der Waals surface area contributed by atoms with Crippen LogP contribution in [0.4, 0.5) is 0 Å². The predicted molar refractivity (Wildman–Crippen MR) is 104 cm³/mol. The van der Waals surface area contributed by atoms with E-state index in [1.807, 2.05) is 24.3 Å². The number of amides is 2. The van der Waals surface area contributed by atoms with Crippen LogP contribution >= 0.6 is 0 Å². The number of aryl methyl sites for hydroxylation is 1. The van der Waals surface area contributed by atoms with Crippen molar-refractivity contribution in [3.8, 4) is 0 Å². The third-order valence-corrected chi connectivity index (χ3v) is 4.81. The Balaban J connectivity index is 1.56.